The van der Waals surface area contributed by atoms with Gasteiger partial charge < -0.3 is 10.4 Å². The predicted octanol–water partition coefficient (Wildman–Crippen LogP) is 4.18. The van der Waals surface area contributed by atoms with E-state index >= 15 is 0 Å². The van der Waals surface area contributed by atoms with Crippen LogP contribution in [0.15, 0.2) is 29.6 Å². The molecule has 2 atom stereocenters. The lowest BCUT2D eigenvalue weighted by Gasteiger charge is -2.28. The third-order valence-electron chi connectivity index (χ3n) is 3.69. The molecule has 0 saturated heterocycles. The maximum absolute atomic E-state index is 9.99. The lowest BCUT2D eigenvalue weighted by molar-refractivity contribution is 0.116. The van der Waals surface area contributed by atoms with E-state index in [1.54, 1.807) is 11.3 Å². The molecular formula is C15H17ClN2OS. The summed E-state index contributed by atoms with van der Waals surface area (Å²) in [6, 6.07) is 7.83. The van der Waals surface area contributed by atoms with Gasteiger partial charge >= 0.3 is 0 Å². The largest absolute Gasteiger partial charge is 0.391 e. The Morgan fingerprint density at radius 3 is 2.85 bits per heavy atom. The van der Waals surface area contributed by atoms with E-state index < -0.39 is 0 Å². The molecule has 1 aromatic carbocycles. The fourth-order valence-electron chi connectivity index (χ4n) is 2.57. The molecule has 1 aliphatic rings. The van der Waals surface area contributed by atoms with Gasteiger partial charge in [0, 0.05) is 16.0 Å². The highest BCUT2D eigenvalue weighted by Gasteiger charge is 2.23. The van der Waals surface area contributed by atoms with E-state index in [1.807, 2.05) is 29.6 Å². The van der Waals surface area contributed by atoms with Gasteiger partial charge in [0.1, 0.15) is 0 Å². The summed E-state index contributed by atoms with van der Waals surface area (Å²) >= 11 is 7.74. The number of hydrogen-bond acceptors (Lipinski definition) is 4. The summed E-state index contributed by atoms with van der Waals surface area (Å²) in [7, 11) is 0. The first-order chi connectivity index (χ1) is 9.74. The quantitative estimate of drug-likeness (QED) is 0.894. The van der Waals surface area contributed by atoms with Crippen molar-refractivity contribution < 1.29 is 5.11 Å². The zero-order valence-corrected chi connectivity index (χ0v) is 12.6. The number of nitrogens with zero attached hydrogens (tertiary/aromatic N) is 1. The van der Waals surface area contributed by atoms with Gasteiger partial charge in [0.15, 0.2) is 5.13 Å². The minimum atomic E-state index is -0.267. The summed E-state index contributed by atoms with van der Waals surface area (Å²) < 4.78 is 0. The van der Waals surface area contributed by atoms with Crippen LogP contribution in [0.5, 0.6) is 0 Å². The number of aliphatic hydroxyl groups excluding tert-OH is 1. The Morgan fingerprint density at radius 2 is 2.05 bits per heavy atom. The lowest BCUT2D eigenvalue weighted by atomic mass is 9.93. The van der Waals surface area contributed by atoms with Crippen LogP contribution in [0.4, 0.5) is 5.13 Å². The molecule has 1 fully saturated rings. The first-order valence-electron chi connectivity index (χ1n) is 6.89. The van der Waals surface area contributed by atoms with Crippen LogP contribution in [-0.4, -0.2) is 22.2 Å². The number of aromatic nitrogens is 1. The summed E-state index contributed by atoms with van der Waals surface area (Å²) in [4.78, 5) is 4.58. The second kappa shape index (κ2) is 6.12. The van der Waals surface area contributed by atoms with Crippen molar-refractivity contribution >= 4 is 28.1 Å². The zero-order chi connectivity index (χ0) is 13.9. The number of rotatable bonds is 3. The van der Waals surface area contributed by atoms with Crippen LogP contribution in [0.1, 0.15) is 25.7 Å². The number of anilines is 1. The number of nitrogens with one attached hydrogen (secondary N) is 1. The lowest BCUT2D eigenvalue weighted by Crippen LogP contribution is -2.36. The molecule has 2 aromatic rings. The maximum Gasteiger partial charge on any atom is 0.183 e. The molecule has 106 valence electrons. The van der Waals surface area contributed by atoms with Gasteiger partial charge in [0.05, 0.1) is 17.8 Å². The Morgan fingerprint density at radius 1 is 1.25 bits per heavy atom. The standard InChI is InChI=1S/C15H17ClN2OS/c16-11-6-2-1-5-10(11)13-9-20-15(18-13)17-12-7-3-4-8-14(12)19/h1-2,5-6,9,12,14,19H,3-4,7-8H2,(H,17,18)/t12-,14-/m0/s1. The van der Waals surface area contributed by atoms with Gasteiger partial charge in [-0.05, 0) is 18.9 Å². The Bertz CT molecular complexity index is 587. The van der Waals surface area contributed by atoms with Gasteiger partial charge in [-0.3, -0.25) is 0 Å². The molecule has 0 spiro atoms. The monoisotopic (exact) mass is 308 g/mol. The molecule has 3 rings (SSSR count). The molecule has 1 aliphatic carbocycles. The summed E-state index contributed by atoms with van der Waals surface area (Å²) in [5.74, 6) is 0. The van der Waals surface area contributed by atoms with E-state index in [9.17, 15) is 5.11 Å². The molecule has 2 N–H and O–H groups in total. The number of benzene rings is 1. The fraction of sp³-hybridized carbons (Fsp3) is 0.400. The van der Waals surface area contributed by atoms with E-state index in [2.05, 4.69) is 10.3 Å². The highest BCUT2D eigenvalue weighted by atomic mass is 35.5. The number of aliphatic hydroxyl groups is 1. The number of hydrogen-bond donors (Lipinski definition) is 2. The van der Waals surface area contributed by atoms with Crippen LogP contribution in [0.3, 0.4) is 0 Å². The van der Waals surface area contributed by atoms with Crippen molar-refractivity contribution in [3.63, 3.8) is 0 Å². The van der Waals surface area contributed by atoms with Gasteiger partial charge in [-0.25, -0.2) is 4.98 Å². The Kier molecular flexibility index (Phi) is 4.24. The average molecular weight is 309 g/mol. The van der Waals surface area contributed by atoms with Crippen molar-refractivity contribution in [1.82, 2.24) is 4.98 Å². The van der Waals surface area contributed by atoms with Gasteiger partial charge in [0.25, 0.3) is 0 Å². The predicted molar refractivity (Wildman–Crippen MR) is 84.4 cm³/mol. The summed E-state index contributed by atoms with van der Waals surface area (Å²) in [5, 5.41) is 16.9. The highest BCUT2D eigenvalue weighted by Crippen LogP contribution is 2.31. The summed E-state index contributed by atoms with van der Waals surface area (Å²) in [6.45, 7) is 0. The molecule has 20 heavy (non-hydrogen) atoms. The van der Waals surface area contributed by atoms with E-state index in [0.717, 1.165) is 42.1 Å². The molecular weight excluding hydrogens is 292 g/mol. The maximum atomic E-state index is 9.99. The molecule has 0 unspecified atom stereocenters. The highest BCUT2D eigenvalue weighted by molar-refractivity contribution is 7.14. The zero-order valence-electron chi connectivity index (χ0n) is 11.1. The third kappa shape index (κ3) is 2.97. The molecule has 0 amide bonds. The van der Waals surface area contributed by atoms with E-state index in [-0.39, 0.29) is 12.1 Å². The van der Waals surface area contributed by atoms with Crippen LogP contribution in [-0.2, 0) is 0 Å². The van der Waals surface area contributed by atoms with Crippen LogP contribution >= 0.6 is 22.9 Å². The molecule has 1 saturated carbocycles. The van der Waals surface area contributed by atoms with Crippen molar-refractivity contribution in [1.29, 1.82) is 0 Å². The van der Waals surface area contributed by atoms with Crippen LogP contribution in [0.2, 0.25) is 5.02 Å². The second-order valence-electron chi connectivity index (χ2n) is 5.12. The van der Waals surface area contributed by atoms with Gasteiger partial charge in [-0.2, -0.15) is 0 Å². The molecule has 3 nitrogen and oxygen atoms in total. The van der Waals surface area contributed by atoms with Gasteiger partial charge in [-0.1, -0.05) is 42.6 Å². The van der Waals surface area contributed by atoms with E-state index in [0.29, 0.717) is 5.02 Å². The Balaban J connectivity index is 1.75. The van der Waals surface area contributed by atoms with Crippen LogP contribution in [0, 0.1) is 0 Å². The molecule has 5 heteroatoms. The molecule has 0 radical (unpaired) electrons. The van der Waals surface area contributed by atoms with E-state index in [4.69, 9.17) is 11.6 Å². The molecule has 1 heterocycles. The molecule has 1 aromatic heterocycles. The third-order valence-corrected chi connectivity index (χ3v) is 4.80. The van der Waals surface area contributed by atoms with Crippen molar-refractivity contribution in [2.24, 2.45) is 0 Å². The second-order valence-corrected chi connectivity index (χ2v) is 6.39. The minimum absolute atomic E-state index is 0.119. The SMILES string of the molecule is O[C@H]1CCCC[C@@H]1Nc1nc(-c2ccccc2Cl)cs1. The van der Waals surface area contributed by atoms with Crippen molar-refractivity contribution in [2.75, 3.05) is 5.32 Å². The van der Waals surface area contributed by atoms with Crippen molar-refractivity contribution in [3.05, 3.63) is 34.7 Å². The van der Waals surface area contributed by atoms with Crippen LogP contribution in [0.25, 0.3) is 11.3 Å². The number of halogens is 1. The van der Waals surface area contributed by atoms with E-state index in [1.165, 1.54) is 0 Å². The summed E-state index contributed by atoms with van der Waals surface area (Å²) in [5.41, 5.74) is 1.83. The van der Waals surface area contributed by atoms with Gasteiger partial charge in [-0.15, -0.1) is 11.3 Å². The Hall–Kier alpha value is -1.10. The average Bonchev–Trinajstić information content (AvgIpc) is 2.90. The molecule has 0 bridgehead atoms. The fourth-order valence-corrected chi connectivity index (χ4v) is 3.58. The van der Waals surface area contributed by atoms with Crippen LogP contribution < -0.4 is 5.32 Å². The topological polar surface area (TPSA) is 45.1 Å². The first-order valence-corrected chi connectivity index (χ1v) is 8.15. The number of thiazole rings is 1. The first kappa shape index (κ1) is 13.9. The minimum Gasteiger partial charge on any atom is -0.391 e. The smallest absolute Gasteiger partial charge is 0.183 e. The summed E-state index contributed by atoms with van der Waals surface area (Å²) in [6.07, 6.45) is 3.89. The van der Waals surface area contributed by atoms with Crippen molar-refractivity contribution in [3.8, 4) is 11.3 Å². The van der Waals surface area contributed by atoms with Gasteiger partial charge in [0.2, 0.25) is 0 Å². The Labute approximate surface area is 127 Å². The van der Waals surface area contributed by atoms with Crippen molar-refractivity contribution in [2.45, 2.75) is 37.8 Å². The molecule has 0 aliphatic heterocycles. The normalized spacial score (nSPS) is 22.7.